The van der Waals surface area contributed by atoms with Crippen LogP contribution < -0.4 is 10.0 Å². The van der Waals surface area contributed by atoms with Crippen LogP contribution in [0.5, 0.6) is 0 Å². The first-order valence-electron chi connectivity index (χ1n) is 10.6. The number of imidazole rings is 1. The first kappa shape index (κ1) is 23.0. The molecule has 2 N–H and O–H groups in total. The Balaban J connectivity index is 1.62. The topological polar surface area (TPSA) is 117 Å². The molecule has 0 aliphatic carbocycles. The molecule has 4 aromatic rings. The largest absolute Gasteiger partial charge is 0.350 e. The van der Waals surface area contributed by atoms with Crippen molar-refractivity contribution in [2.45, 2.75) is 24.8 Å². The van der Waals surface area contributed by atoms with E-state index in [0.717, 1.165) is 11.1 Å². The summed E-state index contributed by atoms with van der Waals surface area (Å²) in [6, 6.07) is 20.1. The average Bonchev–Trinajstić information content (AvgIpc) is 3.14. The standard InChI is InChI=1S/C25H23N5O3S/c1-16(2)27-25(31)19-9-7-18(8-10-19)24-28-22-14-20(11-12-23(22)30(24)3)29-34(32,33)21-6-4-5-17(13-21)15-26/h4-14,16,29H,1-3H3,(H,27,31). The maximum Gasteiger partial charge on any atom is 0.261 e. The molecule has 0 aliphatic rings. The normalized spacial score (nSPS) is 11.4. The molecule has 0 saturated carbocycles. The van der Waals surface area contributed by atoms with Crippen molar-refractivity contribution < 1.29 is 13.2 Å². The van der Waals surface area contributed by atoms with E-state index in [4.69, 9.17) is 5.26 Å². The number of carbonyl (C=O) groups excluding carboxylic acids is 1. The Morgan fingerprint density at radius 2 is 1.79 bits per heavy atom. The molecule has 0 saturated heterocycles. The van der Waals surface area contributed by atoms with Gasteiger partial charge in [-0.1, -0.05) is 18.2 Å². The van der Waals surface area contributed by atoms with Crippen LogP contribution >= 0.6 is 0 Å². The van der Waals surface area contributed by atoms with E-state index in [9.17, 15) is 13.2 Å². The molecule has 172 valence electrons. The number of nitrogens with zero attached hydrogens (tertiary/aromatic N) is 3. The molecule has 4 rings (SSSR count). The number of nitrogens with one attached hydrogen (secondary N) is 2. The highest BCUT2D eigenvalue weighted by atomic mass is 32.2. The zero-order valence-electron chi connectivity index (χ0n) is 18.9. The summed E-state index contributed by atoms with van der Waals surface area (Å²) in [6.07, 6.45) is 0. The second-order valence-corrected chi connectivity index (χ2v) is 9.83. The van der Waals surface area contributed by atoms with Crippen LogP contribution in [0.15, 0.2) is 71.6 Å². The van der Waals surface area contributed by atoms with E-state index in [1.807, 2.05) is 43.7 Å². The van der Waals surface area contributed by atoms with E-state index >= 15 is 0 Å². The molecular formula is C25H23N5O3S. The van der Waals surface area contributed by atoms with Crippen molar-refractivity contribution in [2.24, 2.45) is 7.05 Å². The summed E-state index contributed by atoms with van der Waals surface area (Å²) in [4.78, 5) is 16.9. The number of aryl methyl sites for hydroxylation is 1. The highest BCUT2D eigenvalue weighted by molar-refractivity contribution is 7.92. The summed E-state index contributed by atoms with van der Waals surface area (Å²) >= 11 is 0. The van der Waals surface area contributed by atoms with Gasteiger partial charge >= 0.3 is 0 Å². The third-order valence-corrected chi connectivity index (χ3v) is 6.61. The maximum atomic E-state index is 12.8. The van der Waals surface area contributed by atoms with Gasteiger partial charge in [-0.3, -0.25) is 9.52 Å². The van der Waals surface area contributed by atoms with Crippen molar-refractivity contribution in [3.8, 4) is 17.5 Å². The molecule has 1 amide bonds. The van der Waals surface area contributed by atoms with Gasteiger partial charge in [0.2, 0.25) is 0 Å². The molecule has 0 radical (unpaired) electrons. The van der Waals surface area contributed by atoms with Gasteiger partial charge in [-0.05, 0) is 62.4 Å². The van der Waals surface area contributed by atoms with Gasteiger partial charge < -0.3 is 9.88 Å². The summed E-state index contributed by atoms with van der Waals surface area (Å²) in [7, 11) is -1.99. The lowest BCUT2D eigenvalue weighted by molar-refractivity contribution is 0.0943. The molecule has 0 aliphatic heterocycles. The first-order valence-corrected chi connectivity index (χ1v) is 12.1. The Bertz CT molecular complexity index is 1530. The van der Waals surface area contributed by atoms with Gasteiger partial charge in [0.1, 0.15) is 5.82 Å². The zero-order chi connectivity index (χ0) is 24.5. The van der Waals surface area contributed by atoms with Crippen LogP contribution in [0.3, 0.4) is 0 Å². The predicted octanol–water partition coefficient (Wildman–Crippen LogP) is 4.05. The Kier molecular flexibility index (Phi) is 6.09. The van der Waals surface area contributed by atoms with Gasteiger partial charge in [0, 0.05) is 24.2 Å². The molecule has 0 unspecified atom stereocenters. The number of fused-ring (bicyclic) bond motifs is 1. The van der Waals surface area contributed by atoms with Crippen LogP contribution in [0.2, 0.25) is 0 Å². The van der Waals surface area contributed by atoms with Gasteiger partial charge in [0.25, 0.3) is 15.9 Å². The van der Waals surface area contributed by atoms with Crippen LogP contribution in [0.25, 0.3) is 22.4 Å². The third kappa shape index (κ3) is 4.63. The van der Waals surface area contributed by atoms with E-state index in [1.165, 1.54) is 18.2 Å². The number of carbonyl (C=O) groups is 1. The van der Waals surface area contributed by atoms with Gasteiger partial charge in [0.05, 0.1) is 33.2 Å². The fourth-order valence-electron chi connectivity index (χ4n) is 3.58. The van der Waals surface area contributed by atoms with Crippen molar-refractivity contribution in [1.82, 2.24) is 14.9 Å². The van der Waals surface area contributed by atoms with Crippen molar-refractivity contribution >= 4 is 32.7 Å². The number of anilines is 1. The zero-order valence-corrected chi connectivity index (χ0v) is 19.7. The van der Waals surface area contributed by atoms with Crippen molar-refractivity contribution in [3.05, 3.63) is 77.9 Å². The maximum absolute atomic E-state index is 12.8. The van der Waals surface area contributed by atoms with Gasteiger partial charge in [0.15, 0.2) is 0 Å². The Labute approximate surface area is 197 Å². The van der Waals surface area contributed by atoms with Crippen molar-refractivity contribution in [1.29, 1.82) is 5.26 Å². The number of nitriles is 1. The van der Waals surface area contributed by atoms with Crippen molar-refractivity contribution in [3.63, 3.8) is 0 Å². The van der Waals surface area contributed by atoms with Gasteiger partial charge in [-0.15, -0.1) is 0 Å². The lowest BCUT2D eigenvalue weighted by Crippen LogP contribution is -2.29. The summed E-state index contributed by atoms with van der Waals surface area (Å²) in [5.41, 5.74) is 3.46. The first-order chi connectivity index (χ1) is 16.2. The van der Waals surface area contributed by atoms with Gasteiger partial charge in [-0.2, -0.15) is 5.26 Å². The Hall–Kier alpha value is -4.16. The van der Waals surface area contributed by atoms with E-state index in [-0.39, 0.29) is 22.4 Å². The smallest absolute Gasteiger partial charge is 0.261 e. The van der Waals surface area contributed by atoms with Crippen LogP contribution in [0, 0.1) is 11.3 Å². The minimum Gasteiger partial charge on any atom is -0.350 e. The number of sulfonamides is 1. The molecule has 0 atom stereocenters. The molecule has 9 heteroatoms. The van der Waals surface area contributed by atoms with Crippen LogP contribution in [0.4, 0.5) is 5.69 Å². The average molecular weight is 474 g/mol. The molecule has 0 fully saturated rings. The highest BCUT2D eigenvalue weighted by Gasteiger charge is 2.17. The molecular weight excluding hydrogens is 450 g/mol. The number of aromatic nitrogens is 2. The minimum absolute atomic E-state index is 0.00921. The predicted molar refractivity (Wildman–Crippen MR) is 131 cm³/mol. The number of benzene rings is 3. The van der Waals surface area contributed by atoms with E-state index in [1.54, 1.807) is 36.4 Å². The molecule has 0 spiro atoms. The summed E-state index contributed by atoms with van der Waals surface area (Å²) < 4.78 is 30.0. The number of rotatable bonds is 6. The van der Waals surface area contributed by atoms with Crippen LogP contribution in [-0.2, 0) is 17.1 Å². The second kappa shape index (κ2) is 9.00. The minimum atomic E-state index is -3.87. The fourth-order valence-corrected chi connectivity index (χ4v) is 4.68. The molecule has 34 heavy (non-hydrogen) atoms. The molecule has 3 aromatic carbocycles. The molecule has 1 aromatic heterocycles. The lowest BCUT2D eigenvalue weighted by atomic mass is 10.1. The van der Waals surface area contributed by atoms with Gasteiger partial charge in [-0.25, -0.2) is 13.4 Å². The van der Waals surface area contributed by atoms with E-state index < -0.39 is 10.0 Å². The molecule has 8 nitrogen and oxygen atoms in total. The highest BCUT2D eigenvalue weighted by Crippen LogP contribution is 2.27. The van der Waals surface area contributed by atoms with E-state index in [2.05, 4.69) is 15.0 Å². The Morgan fingerprint density at radius 3 is 2.47 bits per heavy atom. The SMILES string of the molecule is CC(C)NC(=O)c1ccc(-c2nc3cc(NS(=O)(=O)c4cccc(C#N)c4)ccc3n2C)cc1. The summed E-state index contributed by atoms with van der Waals surface area (Å²) in [6.45, 7) is 3.81. The number of hydrogen-bond acceptors (Lipinski definition) is 5. The monoisotopic (exact) mass is 473 g/mol. The van der Waals surface area contributed by atoms with E-state index in [0.29, 0.717) is 22.6 Å². The Morgan fingerprint density at radius 1 is 1.06 bits per heavy atom. The third-order valence-electron chi connectivity index (χ3n) is 5.23. The van der Waals surface area contributed by atoms with Crippen LogP contribution in [-0.4, -0.2) is 29.9 Å². The molecule has 0 bridgehead atoms. The number of amides is 1. The quantitative estimate of drug-likeness (QED) is 0.438. The van der Waals surface area contributed by atoms with Crippen LogP contribution in [0.1, 0.15) is 29.8 Å². The second-order valence-electron chi connectivity index (χ2n) is 8.15. The molecule has 1 heterocycles. The lowest BCUT2D eigenvalue weighted by Gasteiger charge is -2.09. The van der Waals surface area contributed by atoms with Crippen molar-refractivity contribution in [2.75, 3.05) is 4.72 Å². The number of hydrogen-bond donors (Lipinski definition) is 2. The summed E-state index contributed by atoms with van der Waals surface area (Å²) in [5.74, 6) is 0.552. The fraction of sp³-hybridized carbons (Fsp3) is 0.160. The summed E-state index contributed by atoms with van der Waals surface area (Å²) in [5, 5.41) is 11.9.